The lowest BCUT2D eigenvalue weighted by Crippen LogP contribution is -2.49. The number of nitrogens with one attached hydrogen (secondary N) is 1. The summed E-state index contributed by atoms with van der Waals surface area (Å²) >= 11 is 0. The molecule has 11 heteroatoms. The Morgan fingerprint density at radius 2 is 1.91 bits per heavy atom. The van der Waals surface area contributed by atoms with E-state index in [0.717, 1.165) is 57.6 Å². The summed E-state index contributed by atoms with van der Waals surface area (Å²) in [7, 11) is 3.18. The van der Waals surface area contributed by atoms with E-state index in [0.29, 0.717) is 34.9 Å². The minimum atomic E-state index is -0.383. The number of piperazine rings is 1. The lowest BCUT2D eigenvalue weighted by Gasteiger charge is -2.38. The molecule has 11 nitrogen and oxygen atoms in total. The van der Waals surface area contributed by atoms with Gasteiger partial charge in [-0.25, -0.2) is 4.68 Å². The van der Waals surface area contributed by atoms with Crippen LogP contribution in [0.2, 0.25) is 0 Å². The molecule has 0 aliphatic carbocycles. The van der Waals surface area contributed by atoms with Crippen molar-refractivity contribution >= 4 is 10.9 Å². The maximum Gasteiger partial charge on any atom is 0.253 e. The summed E-state index contributed by atoms with van der Waals surface area (Å²) in [6.07, 6.45) is 2.11. The number of fused-ring (bicyclic) bond motifs is 1. The van der Waals surface area contributed by atoms with Crippen LogP contribution < -0.4 is 15.0 Å². The predicted octanol–water partition coefficient (Wildman–Crippen LogP) is 1.44. The van der Waals surface area contributed by atoms with Crippen molar-refractivity contribution in [3.05, 3.63) is 39.9 Å². The lowest BCUT2D eigenvalue weighted by molar-refractivity contribution is 0.0860. The fourth-order valence-corrected chi connectivity index (χ4v) is 5.11. The van der Waals surface area contributed by atoms with Crippen LogP contribution in [-0.4, -0.2) is 94.6 Å². The zero-order valence-corrected chi connectivity index (χ0v) is 20.6. The van der Waals surface area contributed by atoms with E-state index in [1.165, 1.54) is 0 Å². The van der Waals surface area contributed by atoms with Crippen LogP contribution in [-0.2, 0) is 11.3 Å². The molecule has 2 atom stereocenters. The van der Waals surface area contributed by atoms with E-state index < -0.39 is 0 Å². The molecule has 2 saturated heterocycles. The molecule has 2 aromatic heterocycles. The van der Waals surface area contributed by atoms with Crippen LogP contribution in [0.15, 0.2) is 23.0 Å². The molecule has 0 radical (unpaired) electrons. The number of hydrogen-bond donors (Lipinski definition) is 1. The van der Waals surface area contributed by atoms with Crippen LogP contribution in [0.4, 0.5) is 0 Å². The van der Waals surface area contributed by atoms with Gasteiger partial charge in [-0.05, 0) is 41.9 Å². The Kier molecular flexibility index (Phi) is 6.98. The number of ether oxygens (including phenoxy) is 3. The van der Waals surface area contributed by atoms with Crippen LogP contribution in [0, 0.1) is 0 Å². The van der Waals surface area contributed by atoms with Crippen molar-refractivity contribution < 1.29 is 14.2 Å². The highest BCUT2D eigenvalue weighted by Crippen LogP contribution is 2.33. The van der Waals surface area contributed by atoms with Gasteiger partial charge < -0.3 is 24.1 Å². The number of methoxy groups -OCH3 is 2. The van der Waals surface area contributed by atoms with Crippen molar-refractivity contribution in [1.29, 1.82) is 0 Å². The second-order valence-electron chi connectivity index (χ2n) is 9.08. The van der Waals surface area contributed by atoms with Gasteiger partial charge in [-0.3, -0.25) is 9.69 Å². The summed E-state index contributed by atoms with van der Waals surface area (Å²) < 4.78 is 18.6. The zero-order chi connectivity index (χ0) is 24.4. The van der Waals surface area contributed by atoms with Gasteiger partial charge in [0.25, 0.3) is 5.56 Å². The van der Waals surface area contributed by atoms with E-state index in [4.69, 9.17) is 14.2 Å². The van der Waals surface area contributed by atoms with E-state index in [-0.39, 0.29) is 17.7 Å². The third-order valence-electron chi connectivity index (χ3n) is 7.10. The van der Waals surface area contributed by atoms with Crippen molar-refractivity contribution in [1.82, 2.24) is 35.0 Å². The van der Waals surface area contributed by atoms with Gasteiger partial charge in [0.1, 0.15) is 6.04 Å². The molecule has 0 bridgehead atoms. The van der Waals surface area contributed by atoms with Crippen molar-refractivity contribution in [2.24, 2.45) is 0 Å². The quantitative estimate of drug-likeness (QED) is 0.509. The summed E-state index contributed by atoms with van der Waals surface area (Å²) in [5, 5.41) is 13.6. The first-order valence-corrected chi connectivity index (χ1v) is 12.2. The molecule has 4 heterocycles. The van der Waals surface area contributed by atoms with Crippen LogP contribution >= 0.6 is 0 Å². The molecule has 3 aromatic rings. The van der Waals surface area contributed by atoms with Crippen LogP contribution in [0.3, 0.4) is 0 Å². The van der Waals surface area contributed by atoms with Gasteiger partial charge >= 0.3 is 0 Å². The molecule has 5 rings (SSSR count). The van der Waals surface area contributed by atoms with Crippen LogP contribution in [0.5, 0.6) is 11.5 Å². The van der Waals surface area contributed by atoms with Crippen LogP contribution in [0.1, 0.15) is 37.2 Å². The first-order chi connectivity index (χ1) is 17.1. The number of benzene rings is 1. The van der Waals surface area contributed by atoms with Crippen molar-refractivity contribution in [2.45, 2.75) is 38.5 Å². The average Bonchev–Trinajstić information content (AvgIpc) is 3.57. The van der Waals surface area contributed by atoms with Crippen molar-refractivity contribution in [3.63, 3.8) is 0 Å². The minimum Gasteiger partial charge on any atom is -0.493 e. The van der Waals surface area contributed by atoms with Gasteiger partial charge in [-0.15, -0.1) is 5.10 Å². The number of aromatic amines is 1. The minimum absolute atomic E-state index is 0.0847. The smallest absolute Gasteiger partial charge is 0.253 e. The van der Waals surface area contributed by atoms with Gasteiger partial charge in [-0.1, -0.05) is 6.92 Å². The van der Waals surface area contributed by atoms with E-state index >= 15 is 0 Å². The van der Waals surface area contributed by atoms with E-state index in [1.807, 2.05) is 16.8 Å². The molecular formula is C24H33N7O4. The normalized spacial score (nSPS) is 20.4. The van der Waals surface area contributed by atoms with E-state index in [2.05, 4.69) is 37.2 Å². The molecule has 0 amide bonds. The third kappa shape index (κ3) is 4.75. The summed E-state index contributed by atoms with van der Waals surface area (Å²) in [4.78, 5) is 21.2. The number of tetrazole rings is 1. The topological polar surface area (TPSA) is 111 Å². The summed E-state index contributed by atoms with van der Waals surface area (Å²) in [5.74, 6) is 1.83. The zero-order valence-electron chi connectivity index (χ0n) is 20.6. The van der Waals surface area contributed by atoms with Crippen LogP contribution in [0.25, 0.3) is 10.9 Å². The molecule has 0 saturated carbocycles. The molecule has 1 aromatic carbocycles. The standard InChI is InChI=1S/C24H33N7O4/c1-4-29-7-9-30(10-8-29)22(23-26-27-28-31(23)15-17-6-5-11-35-17)18-12-16-13-20(33-2)21(34-3)14-19(16)25-24(18)32/h12-14,17,22H,4-11,15H2,1-3H3,(H,25,32). The number of aromatic nitrogens is 5. The molecule has 2 fully saturated rings. The Balaban J connectivity index is 1.59. The highest BCUT2D eigenvalue weighted by Gasteiger charge is 2.33. The Hall–Kier alpha value is -3.02. The summed E-state index contributed by atoms with van der Waals surface area (Å²) in [5.41, 5.74) is 1.13. The maximum atomic E-state index is 13.5. The summed E-state index contributed by atoms with van der Waals surface area (Å²) in [6, 6.07) is 5.22. The molecule has 2 unspecified atom stereocenters. The van der Waals surface area contributed by atoms with Gasteiger partial charge in [0.05, 0.1) is 32.4 Å². The number of nitrogens with zero attached hydrogens (tertiary/aromatic N) is 6. The SMILES string of the molecule is CCN1CCN(C(c2cc3cc(OC)c(OC)cc3[nH]c2=O)c2nnnn2CC2CCCO2)CC1. The van der Waals surface area contributed by atoms with Crippen molar-refractivity contribution in [2.75, 3.05) is 53.6 Å². The first kappa shape index (κ1) is 23.7. The largest absolute Gasteiger partial charge is 0.493 e. The Bertz CT molecular complexity index is 1210. The number of pyridine rings is 1. The molecule has 2 aliphatic heterocycles. The average molecular weight is 484 g/mol. The summed E-state index contributed by atoms with van der Waals surface area (Å²) in [6.45, 7) is 8.00. The second kappa shape index (κ2) is 10.3. The van der Waals surface area contributed by atoms with Gasteiger partial charge in [0, 0.05) is 49.8 Å². The second-order valence-corrected chi connectivity index (χ2v) is 9.08. The fraction of sp³-hybridized carbons (Fsp3) is 0.583. The monoisotopic (exact) mass is 483 g/mol. The number of rotatable bonds is 8. The Labute approximate surface area is 203 Å². The number of hydrogen-bond acceptors (Lipinski definition) is 9. The highest BCUT2D eigenvalue weighted by atomic mass is 16.5. The molecule has 2 aliphatic rings. The molecular weight excluding hydrogens is 450 g/mol. The first-order valence-electron chi connectivity index (χ1n) is 12.2. The Morgan fingerprint density at radius 1 is 1.14 bits per heavy atom. The molecule has 35 heavy (non-hydrogen) atoms. The van der Waals surface area contributed by atoms with Gasteiger partial charge in [-0.2, -0.15) is 0 Å². The van der Waals surface area contributed by atoms with Crippen molar-refractivity contribution in [3.8, 4) is 11.5 Å². The van der Waals surface area contributed by atoms with Gasteiger partial charge in [0.2, 0.25) is 0 Å². The Morgan fingerprint density at radius 3 is 2.60 bits per heavy atom. The molecule has 0 spiro atoms. The number of likely N-dealkylation sites (N-methyl/N-ethyl adjacent to an activating group) is 1. The lowest BCUT2D eigenvalue weighted by atomic mass is 10.0. The number of H-pyrrole nitrogens is 1. The maximum absolute atomic E-state index is 13.5. The fourth-order valence-electron chi connectivity index (χ4n) is 5.11. The van der Waals surface area contributed by atoms with E-state index in [9.17, 15) is 4.79 Å². The third-order valence-corrected chi connectivity index (χ3v) is 7.10. The van der Waals surface area contributed by atoms with E-state index in [1.54, 1.807) is 20.3 Å². The molecule has 1 N–H and O–H groups in total. The predicted molar refractivity (Wildman–Crippen MR) is 130 cm³/mol. The molecule has 188 valence electrons. The highest BCUT2D eigenvalue weighted by molar-refractivity contribution is 5.83. The van der Waals surface area contributed by atoms with Gasteiger partial charge in [0.15, 0.2) is 17.3 Å².